The fraction of sp³-hybridized carbons (Fsp3) is 0. The molecule has 1 rings (SSSR count). The fourth-order valence-electron chi connectivity index (χ4n) is 0.645. The van der Waals surface area contributed by atoms with Gasteiger partial charge in [-0.1, -0.05) is 18.2 Å². The summed E-state index contributed by atoms with van der Waals surface area (Å²) in [4.78, 5) is 9.89. The molecular weight excluding hydrogens is 144 g/mol. The van der Waals surface area contributed by atoms with Crippen molar-refractivity contribution in [2.24, 2.45) is 0 Å². The summed E-state index contributed by atoms with van der Waals surface area (Å²) < 4.78 is 0. The number of amides is 1. The van der Waals surface area contributed by atoms with E-state index in [-0.39, 0.29) is 0 Å². The van der Waals surface area contributed by atoms with Crippen molar-refractivity contribution >= 4 is 11.8 Å². The van der Waals surface area contributed by atoms with Gasteiger partial charge in [0.25, 0.3) is 0 Å². The lowest BCUT2D eigenvalue weighted by atomic mass is 10.3. The highest BCUT2D eigenvalue weighted by Gasteiger charge is 1.85. The number of hydrogen-bond acceptors (Lipinski definition) is 3. The molecule has 0 aliphatic heterocycles. The minimum atomic E-state index is -1.35. The summed E-state index contributed by atoms with van der Waals surface area (Å²) in [7, 11) is 0. The van der Waals surface area contributed by atoms with Gasteiger partial charge in [0.15, 0.2) is 6.09 Å². The predicted molar refractivity (Wildman–Crippen MR) is 38.6 cm³/mol. The summed E-state index contributed by atoms with van der Waals surface area (Å²) in [6.45, 7) is 0. The molecular formula is C7H7N2O2-. The van der Waals surface area contributed by atoms with Gasteiger partial charge in [0.1, 0.15) is 0 Å². The van der Waals surface area contributed by atoms with Gasteiger partial charge < -0.3 is 9.90 Å². The van der Waals surface area contributed by atoms with E-state index in [1.807, 2.05) is 11.5 Å². The van der Waals surface area contributed by atoms with Gasteiger partial charge in [0.2, 0.25) is 0 Å². The second-order valence-corrected chi connectivity index (χ2v) is 1.90. The smallest absolute Gasteiger partial charge is 0.153 e. The monoisotopic (exact) mass is 151 g/mol. The lowest BCUT2D eigenvalue weighted by Gasteiger charge is -2.08. The summed E-state index contributed by atoms with van der Waals surface area (Å²) >= 11 is 0. The molecule has 4 nitrogen and oxygen atoms in total. The second kappa shape index (κ2) is 3.46. The third-order valence-electron chi connectivity index (χ3n) is 1.08. The van der Waals surface area contributed by atoms with Crippen molar-refractivity contribution in [3.8, 4) is 0 Å². The molecule has 4 heteroatoms. The summed E-state index contributed by atoms with van der Waals surface area (Å²) in [6.07, 6.45) is -1.35. The van der Waals surface area contributed by atoms with E-state index >= 15 is 0 Å². The highest BCUT2D eigenvalue weighted by molar-refractivity contribution is 5.64. The van der Waals surface area contributed by atoms with Crippen LogP contribution in [0.1, 0.15) is 0 Å². The predicted octanol–water partition coefficient (Wildman–Crippen LogP) is -0.0536. The van der Waals surface area contributed by atoms with Gasteiger partial charge in [-0.3, -0.25) is 10.9 Å². The number of hydrazine groups is 1. The van der Waals surface area contributed by atoms with E-state index in [1.165, 1.54) is 0 Å². The van der Waals surface area contributed by atoms with Crippen LogP contribution in [0, 0.1) is 0 Å². The molecule has 2 N–H and O–H groups in total. The van der Waals surface area contributed by atoms with Crippen molar-refractivity contribution in [3.05, 3.63) is 30.3 Å². The minimum absolute atomic E-state index is 0.678. The maximum Gasteiger partial charge on any atom is 0.153 e. The number of carbonyl (C=O) groups is 1. The van der Waals surface area contributed by atoms with Gasteiger partial charge in [-0.05, 0) is 12.1 Å². The first-order valence-electron chi connectivity index (χ1n) is 3.07. The maximum atomic E-state index is 9.89. The van der Waals surface area contributed by atoms with Gasteiger partial charge in [0.05, 0.1) is 5.69 Å². The molecule has 0 atom stereocenters. The van der Waals surface area contributed by atoms with Crippen LogP contribution < -0.4 is 16.0 Å². The van der Waals surface area contributed by atoms with Crippen molar-refractivity contribution in [1.82, 2.24) is 5.43 Å². The lowest BCUT2D eigenvalue weighted by Crippen LogP contribution is -2.40. The van der Waals surface area contributed by atoms with E-state index in [0.29, 0.717) is 5.69 Å². The molecule has 0 aromatic heterocycles. The van der Waals surface area contributed by atoms with Crippen LogP contribution in [-0.4, -0.2) is 6.09 Å². The van der Waals surface area contributed by atoms with E-state index in [2.05, 4.69) is 5.43 Å². The first-order valence-corrected chi connectivity index (χ1v) is 3.07. The van der Waals surface area contributed by atoms with Crippen LogP contribution in [0.3, 0.4) is 0 Å². The molecule has 0 fully saturated rings. The van der Waals surface area contributed by atoms with E-state index in [1.54, 1.807) is 24.3 Å². The molecule has 0 aliphatic rings. The number of benzene rings is 1. The molecule has 0 radical (unpaired) electrons. The molecule has 11 heavy (non-hydrogen) atoms. The molecule has 0 heterocycles. The first-order chi connectivity index (χ1) is 5.29. The molecule has 1 aromatic carbocycles. The Kier molecular flexibility index (Phi) is 2.32. The number of nitrogens with one attached hydrogen (secondary N) is 2. The SMILES string of the molecule is O=C([O-])NNc1ccccc1. The first kappa shape index (κ1) is 7.40. The Morgan fingerprint density at radius 3 is 2.45 bits per heavy atom. The van der Waals surface area contributed by atoms with E-state index in [0.717, 1.165) is 0 Å². The molecule has 0 saturated heterocycles. The Hall–Kier alpha value is -1.71. The van der Waals surface area contributed by atoms with Crippen molar-refractivity contribution in [2.75, 3.05) is 5.43 Å². The highest BCUT2D eigenvalue weighted by Crippen LogP contribution is 2.01. The van der Waals surface area contributed by atoms with Crippen LogP contribution in [0.2, 0.25) is 0 Å². The number of rotatable bonds is 2. The summed E-state index contributed by atoms with van der Waals surface area (Å²) in [5.41, 5.74) is 5.03. The average Bonchev–Trinajstić information content (AvgIpc) is 2.03. The Labute approximate surface area is 63.8 Å². The van der Waals surface area contributed by atoms with Crippen molar-refractivity contribution in [2.45, 2.75) is 0 Å². The van der Waals surface area contributed by atoms with Gasteiger partial charge in [-0.15, -0.1) is 0 Å². The standard InChI is InChI=1S/C7H8N2O2/c10-7(11)9-8-6-4-2-1-3-5-6/h1-5,8-9H,(H,10,11)/p-1. The number of carboxylic acid groups (broad SMARTS) is 1. The minimum Gasteiger partial charge on any atom is -0.529 e. The van der Waals surface area contributed by atoms with Gasteiger partial charge in [-0.25, -0.2) is 0 Å². The summed E-state index contributed by atoms with van der Waals surface area (Å²) in [5.74, 6) is 0. The van der Waals surface area contributed by atoms with Crippen molar-refractivity contribution < 1.29 is 9.90 Å². The molecule has 58 valence electrons. The fourth-order valence-corrected chi connectivity index (χ4v) is 0.645. The van der Waals surface area contributed by atoms with Gasteiger partial charge in [0, 0.05) is 0 Å². The number of para-hydroxylation sites is 1. The molecule has 0 unspecified atom stereocenters. The Balaban J connectivity index is 2.45. The Morgan fingerprint density at radius 1 is 1.27 bits per heavy atom. The van der Waals surface area contributed by atoms with Gasteiger partial charge in [-0.2, -0.15) is 0 Å². The molecule has 0 aliphatic carbocycles. The molecule has 1 aromatic rings. The molecule has 0 saturated carbocycles. The van der Waals surface area contributed by atoms with Crippen molar-refractivity contribution in [1.29, 1.82) is 0 Å². The van der Waals surface area contributed by atoms with Crippen LogP contribution in [0.4, 0.5) is 10.5 Å². The normalized spacial score (nSPS) is 8.73. The van der Waals surface area contributed by atoms with Gasteiger partial charge >= 0.3 is 0 Å². The molecule has 1 amide bonds. The zero-order valence-corrected chi connectivity index (χ0v) is 5.70. The van der Waals surface area contributed by atoms with E-state index < -0.39 is 6.09 Å². The molecule has 0 spiro atoms. The van der Waals surface area contributed by atoms with E-state index in [9.17, 15) is 9.90 Å². The van der Waals surface area contributed by atoms with E-state index in [4.69, 9.17) is 0 Å². The average molecular weight is 151 g/mol. The van der Waals surface area contributed by atoms with Crippen LogP contribution in [0.15, 0.2) is 30.3 Å². The van der Waals surface area contributed by atoms with Crippen LogP contribution in [-0.2, 0) is 0 Å². The van der Waals surface area contributed by atoms with Crippen LogP contribution >= 0.6 is 0 Å². The maximum absolute atomic E-state index is 9.89. The van der Waals surface area contributed by atoms with Crippen LogP contribution in [0.25, 0.3) is 0 Å². The van der Waals surface area contributed by atoms with Crippen molar-refractivity contribution in [3.63, 3.8) is 0 Å². The summed E-state index contributed by atoms with van der Waals surface area (Å²) in [6, 6.07) is 8.88. The second-order valence-electron chi connectivity index (χ2n) is 1.90. The Morgan fingerprint density at radius 2 is 1.91 bits per heavy atom. The zero-order chi connectivity index (χ0) is 8.10. The third kappa shape index (κ3) is 2.57. The largest absolute Gasteiger partial charge is 0.529 e. The number of carbonyl (C=O) groups excluding carboxylic acids is 1. The number of anilines is 1. The summed E-state index contributed by atoms with van der Waals surface area (Å²) in [5, 5.41) is 9.89. The lowest BCUT2D eigenvalue weighted by molar-refractivity contribution is -0.250. The molecule has 0 bridgehead atoms. The Bertz CT molecular complexity index is 235. The third-order valence-corrected chi connectivity index (χ3v) is 1.08. The van der Waals surface area contributed by atoms with Crippen LogP contribution in [0.5, 0.6) is 0 Å². The topological polar surface area (TPSA) is 64.2 Å². The quantitative estimate of drug-likeness (QED) is 0.582. The number of hydrogen-bond donors (Lipinski definition) is 2. The highest BCUT2D eigenvalue weighted by atomic mass is 16.4. The zero-order valence-electron chi connectivity index (χ0n) is 5.70.